The van der Waals surface area contributed by atoms with Gasteiger partial charge in [0, 0.05) is 35.7 Å². The molecule has 3 heterocycles. The van der Waals surface area contributed by atoms with Gasteiger partial charge in [0.15, 0.2) is 0 Å². The van der Waals surface area contributed by atoms with Crippen LogP contribution < -0.4 is 5.32 Å². The van der Waals surface area contributed by atoms with Gasteiger partial charge in [-0.15, -0.1) is 0 Å². The fourth-order valence-corrected chi connectivity index (χ4v) is 4.92. The number of halogens is 1. The highest BCUT2D eigenvalue weighted by Gasteiger charge is 2.34. The van der Waals surface area contributed by atoms with Crippen LogP contribution in [-0.4, -0.2) is 51.5 Å². The van der Waals surface area contributed by atoms with Gasteiger partial charge >= 0.3 is 0 Å². The molecule has 0 fully saturated rings. The minimum absolute atomic E-state index is 0.0355. The Morgan fingerprint density at radius 1 is 1.18 bits per heavy atom. The molecule has 2 aliphatic heterocycles. The molecule has 0 saturated heterocycles. The monoisotopic (exact) mass is 478 g/mol. The lowest BCUT2D eigenvalue weighted by Gasteiger charge is -2.35. The third-order valence-electron chi connectivity index (χ3n) is 6.34. The van der Waals surface area contributed by atoms with Crippen LogP contribution in [0, 0.1) is 0 Å². The lowest BCUT2D eigenvalue weighted by molar-refractivity contribution is -0.0778. The maximum absolute atomic E-state index is 13.3. The Morgan fingerprint density at radius 2 is 1.94 bits per heavy atom. The van der Waals surface area contributed by atoms with Crippen LogP contribution >= 0.6 is 11.6 Å². The molecule has 2 aliphatic rings. The van der Waals surface area contributed by atoms with Gasteiger partial charge in [-0.1, -0.05) is 23.8 Å². The highest BCUT2D eigenvalue weighted by atomic mass is 35.5. The molecular weight excluding hydrogens is 452 g/mol. The van der Waals surface area contributed by atoms with Crippen LogP contribution in [0.1, 0.15) is 58.9 Å². The number of ether oxygens (including phenoxy) is 1. The summed E-state index contributed by atoms with van der Waals surface area (Å²) in [5, 5.41) is 3.68. The maximum Gasteiger partial charge on any atom is 0.254 e. The van der Waals surface area contributed by atoms with Crippen molar-refractivity contribution in [2.24, 2.45) is 0 Å². The average Bonchev–Trinajstić information content (AvgIpc) is 3.45. The summed E-state index contributed by atoms with van der Waals surface area (Å²) in [6.07, 6.45) is 4.07. The highest BCUT2D eigenvalue weighted by Crippen LogP contribution is 2.30. The molecular formula is C26H27ClN4O3. The Bertz CT molecular complexity index is 1300. The summed E-state index contributed by atoms with van der Waals surface area (Å²) in [6, 6.07) is 10.2. The molecule has 1 aromatic heterocycles. The number of benzene rings is 2. The molecule has 0 radical (unpaired) electrons. The summed E-state index contributed by atoms with van der Waals surface area (Å²) in [4.78, 5) is 36.2. The number of aromatic amines is 1. The van der Waals surface area contributed by atoms with E-state index in [9.17, 15) is 9.59 Å². The van der Waals surface area contributed by atoms with E-state index >= 15 is 0 Å². The molecule has 3 aromatic rings. The van der Waals surface area contributed by atoms with E-state index in [1.165, 1.54) is 0 Å². The number of carbonyl (C=O) groups excluding carboxylic acids is 2. The van der Waals surface area contributed by atoms with Gasteiger partial charge in [0.2, 0.25) is 0 Å². The number of aromatic nitrogens is 2. The molecule has 0 unspecified atom stereocenters. The Labute approximate surface area is 203 Å². The molecule has 2 atom stereocenters. The second-order valence-corrected chi connectivity index (χ2v) is 9.98. The molecule has 2 amide bonds. The van der Waals surface area contributed by atoms with Crippen LogP contribution in [0.15, 0.2) is 48.6 Å². The van der Waals surface area contributed by atoms with Gasteiger partial charge in [0.25, 0.3) is 11.8 Å². The molecule has 8 heteroatoms. The fraction of sp³-hybridized carbons (Fsp3) is 0.346. The molecule has 7 nitrogen and oxygen atoms in total. The fourth-order valence-electron chi connectivity index (χ4n) is 4.75. The van der Waals surface area contributed by atoms with Gasteiger partial charge in [0.05, 0.1) is 22.7 Å². The summed E-state index contributed by atoms with van der Waals surface area (Å²) >= 11 is 6.13. The quantitative estimate of drug-likeness (QED) is 0.533. The zero-order valence-corrected chi connectivity index (χ0v) is 20.1. The van der Waals surface area contributed by atoms with E-state index in [4.69, 9.17) is 16.3 Å². The van der Waals surface area contributed by atoms with Crippen LogP contribution in [0.5, 0.6) is 0 Å². The molecule has 5 rings (SSSR count). The third-order valence-corrected chi connectivity index (χ3v) is 6.57. The second kappa shape index (κ2) is 8.56. The summed E-state index contributed by atoms with van der Waals surface area (Å²) in [5.41, 5.74) is 2.88. The normalized spacial score (nSPS) is 22.1. The van der Waals surface area contributed by atoms with Crippen molar-refractivity contribution in [2.75, 3.05) is 13.1 Å². The molecule has 0 spiro atoms. The van der Waals surface area contributed by atoms with E-state index in [-0.39, 0.29) is 17.9 Å². The van der Waals surface area contributed by atoms with Crippen molar-refractivity contribution < 1.29 is 14.3 Å². The lowest BCUT2D eigenvalue weighted by atomic mass is 9.91. The van der Waals surface area contributed by atoms with Crippen molar-refractivity contribution in [3.8, 4) is 0 Å². The standard InChI is InChI=1S/C26H27ClN4O3/c1-15-22(23-28-20-9-7-18(27)13-21(20)29-23)30-24(32)16-6-8-19(25(33)31-10-4-5-11-31)17(12-16)14-26(2,3)34-15/h4-9,12-13,15,22H,10-11,14H2,1-3H3,(H,28,29)(H,30,32)/t15-,22-/m0/s1. The predicted molar refractivity (Wildman–Crippen MR) is 131 cm³/mol. The first-order valence-electron chi connectivity index (χ1n) is 11.4. The molecule has 2 bridgehead atoms. The first-order chi connectivity index (χ1) is 16.2. The van der Waals surface area contributed by atoms with E-state index in [2.05, 4.69) is 15.3 Å². The number of nitrogens with zero attached hydrogens (tertiary/aromatic N) is 2. The Kier molecular flexibility index (Phi) is 5.70. The number of carbonyl (C=O) groups is 2. The Morgan fingerprint density at radius 3 is 2.71 bits per heavy atom. The number of amides is 2. The predicted octanol–water partition coefficient (Wildman–Crippen LogP) is 4.44. The summed E-state index contributed by atoms with van der Waals surface area (Å²) in [6.45, 7) is 7.12. The number of H-pyrrole nitrogens is 1. The molecule has 2 N–H and O–H groups in total. The van der Waals surface area contributed by atoms with Crippen LogP contribution in [-0.2, 0) is 11.2 Å². The smallest absolute Gasteiger partial charge is 0.254 e. The minimum atomic E-state index is -0.591. The number of hydrogen-bond donors (Lipinski definition) is 2. The molecule has 2 aromatic carbocycles. The second-order valence-electron chi connectivity index (χ2n) is 9.55. The summed E-state index contributed by atoms with van der Waals surface area (Å²) < 4.78 is 6.47. The number of hydrogen-bond acceptors (Lipinski definition) is 4. The van der Waals surface area contributed by atoms with Crippen LogP contribution in [0.4, 0.5) is 0 Å². The largest absolute Gasteiger partial charge is 0.370 e. The topological polar surface area (TPSA) is 87.3 Å². The maximum atomic E-state index is 13.3. The number of imidazole rings is 1. The van der Waals surface area contributed by atoms with Crippen LogP contribution in [0.3, 0.4) is 0 Å². The molecule has 0 aliphatic carbocycles. The number of nitrogens with one attached hydrogen (secondary N) is 2. The summed E-state index contributed by atoms with van der Waals surface area (Å²) in [5.74, 6) is 0.316. The molecule has 34 heavy (non-hydrogen) atoms. The van der Waals surface area contributed by atoms with E-state index in [1.54, 1.807) is 29.2 Å². The average molecular weight is 479 g/mol. The Balaban J connectivity index is 1.52. The SMILES string of the molecule is C[C@@H]1OC(C)(C)Cc2cc(ccc2C(=O)N2CC=CC2)C(=O)N[C@@H]1c1nc2cc(Cl)ccc2[nH]1. The summed E-state index contributed by atoms with van der Waals surface area (Å²) in [7, 11) is 0. The number of fused-ring (bicyclic) bond motifs is 3. The van der Waals surface area contributed by atoms with Gasteiger partial charge in [0.1, 0.15) is 11.9 Å². The number of rotatable bonds is 2. The van der Waals surface area contributed by atoms with Crippen LogP contribution in [0.2, 0.25) is 5.02 Å². The lowest BCUT2D eigenvalue weighted by Crippen LogP contribution is -2.43. The minimum Gasteiger partial charge on any atom is -0.370 e. The van der Waals surface area contributed by atoms with Crippen molar-refractivity contribution in [1.82, 2.24) is 20.2 Å². The van der Waals surface area contributed by atoms with Crippen LogP contribution in [0.25, 0.3) is 11.0 Å². The highest BCUT2D eigenvalue weighted by molar-refractivity contribution is 6.31. The van der Waals surface area contributed by atoms with E-state index in [0.29, 0.717) is 41.5 Å². The van der Waals surface area contributed by atoms with E-state index in [0.717, 1.165) is 16.6 Å². The van der Waals surface area contributed by atoms with Gasteiger partial charge in [-0.05, 0) is 62.7 Å². The van der Waals surface area contributed by atoms with E-state index in [1.807, 2.05) is 45.1 Å². The van der Waals surface area contributed by atoms with Crippen molar-refractivity contribution in [1.29, 1.82) is 0 Å². The van der Waals surface area contributed by atoms with Gasteiger partial charge in [-0.25, -0.2) is 4.98 Å². The van der Waals surface area contributed by atoms with Gasteiger partial charge in [-0.3, -0.25) is 9.59 Å². The van der Waals surface area contributed by atoms with Crippen molar-refractivity contribution >= 4 is 34.4 Å². The van der Waals surface area contributed by atoms with Crippen molar-refractivity contribution in [3.05, 3.63) is 76.1 Å². The zero-order valence-electron chi connectivity index (χ0n) is 19.4. The third kappa shape index (κ3) is 4.33. The van der Waals surface area contributed by atoms with Gasteiger partial charge < -0.3 is 19.9 Å². The molecule has 176 valence electrons. The first-order valence-corrected chi connectivity index (χ1v) is 11.8. The first kappa shape index (κ1) is 22.6. The van der Waals surface area contributed by atoms with E-state index < -0.39 is 11.6 Å². The van der Waals surface area contributed by atoms with Crippen molar-refractivity contribution in [2.45, 2.75) is 44.9 Å². The zero-order chi connectivity index (χ0) is 24.0. The molecule has 0 saturated carbocycles. The Hall–Kier alpha value is -3.16. The van der Waals surface area contributed by atoms with Gasteiger partial charge in [-0.2, -0.15) is 0 Å². The van der Waals surface area contributed by atoms with Crippen molar-refractivity contribution in [3.63, 3.8) is 0 Å².